The van der Waals surface area contributed by atoms with Crippen LogP contribution >= 0.6 is 0 Å². The van der Waals surface area contributed by atoms with Crippen LogP contribution in [0, 0.1) is 0 Å². The number of nitrogens with one attached hydrogen (secondary N) is 1. The maximum Gasteiger partial charge on any atom is 0.249 e. The van der Waals surface area contributed by atoms with Crippen LogP contribution in [0.1, 0.15) is 39.5 Å². The number of alkyl halides is 1. The summed E-state index contributed by atoms with van der Waals surface area (Å²) >= 11 is 0. The van der Waals surface area contributed by atoms with Crippen molar-refractivity contribution in [2.24, 2.45) is 4.36 Å². The third-order valence-electron chi connectivity index (χ3n) is 3.55. The van der Waals surface area contributed by atoms with E-state index in [1.165, 1.54) is 7.05 Å². The van der Waals surface area contributed by atoms with Crippen molar-refractivity contribution in [3.05, 3.63) is 11.6 Å². The zero-order valence-electron chi connectivity index (χ0n) is 12.6. The summed E-state index contributed by atoms with van der Waals surface area (Å²) in [5, 5.41) is 2.49. The molecule has 20 heavy (non-hydrogen) atoms. The summed E-state index contributed by atoms with van der Waals surface area (Å²) in [6, 6.07) is 0. The first-order chi connectivity index (χ1) is 9.40. The molecule has 0 saturated carbocycles. The number of amides is 1. The van der Waals surface area contributed by atoms with Crippen LogP contribution in [0.25, 0.3) is 0 Å². The maximum absolute atomic E-state index is 15.0. The lowest BCUT2D eigenvalue weighted by atomic mass is 9.88. The summed E-state index contributed by atoms with van der Waals surface area (Å²) in [4.78, 5) is 11.8. The number of hydrogen-bond acceptors (Lipinski definition) is 3. The Kier molecular flexibility index (Phi) is 6.17. The first-order valence-corrected chi connectivity index (χ1v) is 9.06. The zero-order chi connectivity index (χ0) is 15.2. The molecule has 0 aromatic carbocycles. The molecule has 1 heterocycles. The monoisotopic (exact) mass is 304 g/mol. The molecule has 1 amide bonds. The highest BCUT2D eigenvalue weighted by molar-refractivity contribution is 7.93. The van der Waals surface area contributed by atoms with Gasteiger partial charge in [0.15, 0.2) is 0 Å². The van der Waals surface area contributed by atoms with E-state index in [4.69, 9.17) is 0 Å². The van der Waals surface area contributed by atoms with Crippen LogP contribution in [0.4, 0.5) is 4.39 Å². The van der Waals surface area contributed by atoms with Crippen molar-refractivity contribution in [3.8, 4) is 0 Å². The Morgan fingerprint density at radius 2 is 2.00 bits per heavy atom. The molecule has 1 aliphatic heterocycles. The first kappa shape index (κ1) is 17.1. The number of rotatable bonds is 5. The van der Waals surface area contributed by atoms with Gasteiger partial charge < -0.3 is 5.32 Å². The van der Waals surface area contributed by atoms with Gasteiger partial charge in [-0.3, -0.25) is 4.79 Å². The van der Waals surface area contributed by atoms with Crippen molar-refractivity contribution in [2.75, 3.05) is 25.1 Å². The van der Waals surface area contributed by atoms with Gasteiger partial charge in [0.25, 0.3) is 0 Å². The SMILES string of the molecule is CC/C=C(\C(=O)NC)C1(F)CCS(=O)(=NCCC)CC1. The quantitative estimate of drug-likeness (QED) is 0.793. The fraction of sp³-hybridized carbons (Fsp3) is 0.786. The van der Waals surface area contributed by atoms with Gasteiger partial charge in [0.05, 0.1) is 0 Å². The van der Waals surface area contributed by atoms with Gasteiger partial charge in [-0.05, 0) is 25.7 Å². The molecule has 0 radical (unpaired) electrons. The van der Waals surface area contributed by atoms with Crippen LogP contribution in [-0.2, 0) is 14.5 Å². The molecule has 0 aliphatic carbocycles. The van der Waals surface area contributed by atoms with Crippen LogP contribution in [-0.4, -0.2) is 40.9 Å². The van der Waals surface area contributed by atoms with Crippen LogP contribution in [0.3, 0.4) is 0 Å². The van der Waals surface area contributed by atoms with Crippen LogP contribution in [0.5, 0.6) is 0 Å². The molecule has 0 spiro atoms. The molecule has 0 bridgehead atoms. The number of likely N-dealkylation sites (N-methyl/N-ethyl adjacent to an activating group) is 1. The highest BCUT2D eigenvalue weighted by Crippen LogP contribution is 2.35. The molecule has 1 fully saturated rings. The fourth-order valence-electron chi connectivity index (χ4n) is 2.34. The third-order valence-corrected chi connectivity index (χ3v) is 5.88. The molecule has 1 N–H and O–H groups in total. The van der Waals surface area contributed by atoms with Gasteiger partial charge in [-0.15, -0.1) is 0 Å². The summed E-state index contributed by atoms with van der Waals surface area (Å²) in [6.45, 7) is 4.41. The molecule has 116 valence electrons. The van der Waals surface area contributed by atoms with Gasteiger partial charge in [-0.2, -0.15) is 0 Å². The van der Waals surface area contributed by atoms with Crippen molar-refractivity contribution < 1.29 is 13.4 Å². The summed E-state index contributed by atoms with van der Waals surface area (Å²) in [6.07, 6.45) is 3.30. The van der Waals surface area contributed by atoms with Crippen LogP contribution in [0.2, 0.25) is 0 Å². The summed E-state index contributed by atoms with van der Waals surface area (Å²) in [5.41, 5.74) is -1.49. The summed E-state index contributed by atoms with van der Waals surface area (Å²) in [5.74, 6) is 0.0940. The van der Waals surface area contributed by atoms with Crippen LogP contribution < -0.4 is 5.32 Å². The average molecular weight is 304 g/mol. The topological polar surface area (TPSA) is 58.5 Å². The van der Waals surface area contributed by atoms with E-state index < -0.39 is 15.4 Å². The van der Waals surface area contributed by atoms with Gasteiger partial charge in [-0.1, -0.05) is 19.9 Å². The average Bonchev–Trinajstić information content (AvgIpc) is 2.45. The van der Waals surface area contributed by atoms with Crippen molar-refractivity contribution in [2.45, 2.75) is 45.2 Å². The van der Waals surface area contributed by atoms with Crippen LogP contribution in [0.15, 0.2) is 16.0 Å². The lowest BCUT2D eigenvalue weighted by Gasteiger charge is -2.32. The number of halogens is 1. The molecule has 6 heteroatoms. The second-order valence-electron chi connectivity index (χ2n) is 5.10. The van der Waals surface area contributed by atoms with E-state index in [0.29, 0.717) is 13.0 Å². The normalized spacial score (nSPS) is 30.9. The minimum absolute atomic E-state index is 0.109. The predicted molar refractivity (Wildman–Crippen MR) is 81.0 cm³/mol. The van der Waals surface area contributed by atoms with E-state index in [2.05, 4.69) is 9.68 Å². The molecular weight excluding hydrogens is 279 g/mol. The molecule has 4 nitrogen and oxygen atoms in total. The zero-order valence-corrected chi connectivity index (χ0v) is 13.4. The Labute approximate surface area is 121 Å². The predicted octanol–water partition coefficient (Wildman–Crippen LogP) is 2.45. The molecular formula is C14H25FN2O2S. The fourth-order valence-corrected chi connectivity index (χ4v) is 4.61. The third kappa shape index (κ3) is 4.04. The Balaban J connectivity index is 2.91. The van der Waals surface area contributed by atoms with Gasteiger partial charge in [0, 0.05) is 40.4 Å². The number of allylic oxidation sites excluding steroid dienone is 1. The molecule has 1 saturated heterocycles. The number of carbonyl (C=O) groups is 1. The van der Waals surface area contributed by atoms with Gasteiger partial charge >= 0.3 is 0 Å². The lowest BCUT2D eigenvalue weighted by molar-refractivity contribution is -0.118. The molecule has 1 aliphatic rings. The van der Waals surface area contributed by atoms with E-state index in [1.807, 2.05) is 13.8 Å². The maximum atomic E-state index is 15.0. The minimum atomic E-state index is -2.28. The second-order valence-corrected chi connectivity index (χ2v) is 7.72. The molecule has 0 aromatic rings. The molecule has 0 unspecified atom stereocenters. The number of nitrogens with zero attached hydrogens (tertiary/aromatic N) is 1. The van der Waals surface area contributed by atoms with Crippen molar-refractivity contribution >= 4 is 15.6 Å². The molecule has 0 aromatic heterocycles. The largest absolute Gasteiger partial charge is 0.355 e. The Morgan fingerprint density at radius 1 is 1.40 bits per heavy atom. The van der Waals surface area contributed by atoms with Crippen molar-refractivity contribution in [1.29, 1.82) is 0 Å². The minimum Gasteiger partial charge on any atom is -0.355 e. The van der Waals surface area contributed by atoms with E-state index in [9.17, 15) is 9.00 Å². The highest BCUT2D eigenvalue weighted by Gasteiger charge is 2.42. The second kappa shape index (κ2) is 7.20. The Bertz CT molecular complexity index is 479. The van der Waals surface area contributed by atoms with Gasteiger partial charge in [0.1, 0.15) is 5.67 Å². The van der Waals surface area contributed by atoms with Gasteiger partial charge in [-0.25, -0.2) is 13.0 Å². The summed E-state index contributed by atoms with van der Waals surface area (Å²) in [7, 11) is -0.780. The standard InChI is InChI=1S/C14H25FN2O2S/c1-4-6-12(13(18)16-3)14(15)7-10-20(19,11-8-14)17-9-5-2/h6H,4-5,7-11H2,1-3H3,(H,16,18)/b12-6+. The Morgan fingerprint density at radius 3 is 2.45 bits per heavy atom. The number of hydrogen-bond donors (Lipinski definition) is 1. The van der Waals surface area contributed by atoms with E-state index >= 15 is 4.39 Å². The van der Waals surface area contributed by atoms with E-state index in [-0.39, 0.29) is 35.8 Å². The lowest BCUT2D eigenvalue weighted by Crippen LogP contribution is -2.42. The first-order valence-electron chi connectivity index (χ1n) is 7.20. The Hall–Kier alpha value is -0.910. The number of carbonyl (C=O) groups excluding carboxylic acids is 1. The summed E-state index contributed by atoms with van der Waals surface area (Å²) < 4.78 is 31.7. The smallest absolute Gasteiger partial charge is 0.249 e. The highest BCUT2D eigenvalue weighted by atomic mass is 32.2. The van der Waals surface area contributed by atoms with E-state index in [0.717, 1.165) is 6.42 Å². The van der Waals surface area contributed by atoms with Crippen molar-refractivity contribution in [3.63, 3.8) is 0 Å². The van der Waals surface area contributed by atoms with E-state index in [1.54, 1.807) is 6.08 Å². The molecule has 1 rings (SSSR count). The van der Waals surface area contributed by atoms with Crippen molar-refractivity contribution in [1.82, 2.24) is 5.32 Å². The molecule has 0 atom stereocenters. The van der Waals surface area contributed by atoms with Gasteiger partial charge in [0.2, 0.25) is 5.91 Å².